The number of nitro benzene ring substituents is 1. The summed E-state index contributed by atoms with van der Waals surface area (Å²) in [6, 6.07) is 5.05. The SMILES string of the molecule is C/C=C/CCNc1ccc([N+](=O)[O-])c2cnccc12. The van der Waals surface area contributed by atoms with Crippen LogP contribution in [0.25, 0.3) is 10.8 Å². The Bertz CT molecular complexity index is 623. The van der Waals surface area contributed by atoms with Gasteiger partial charge in [0.05, 0.1) is 10.3 Å². The van der Waals surface area contributed by atoms with Gasteiger partial charge in [-0.3, -0.25) is 15.1 Å². The summed E-state index contributed by atoms with van der Waals surface area (Å²) in [4.78, 5) is 14.6. The van der Waals surface area contributed by atoms with Crippen LogP contribution in [-0.4, -0.2) is 16.5 Å². The highest BCUT2D eigenvalue weighted by Crippen LogP contribution is 2.30. The van der Waals surface area contributed by atoms with E-state index in [9.17, 15) is 10.1 Å². The zero-order valence-electron chi connectivity index (χ0n) is 10.7. The Hall–Kier alpha value is -2.43. The Morgan fingerprint density at radius 1 is 1.37 bits per heavy atom. The van der Waals surface area contributed by atoms with Crippen molar-refractivity contribution in [2.75, 3.05) is 11.9 Å². The second-order valence-corrected chi connectivity index (χ2v) is 4.10. The molecular formula is C14H15N3O2. The molecule has 1 aromatic carbocycles. The number of hydrogen-bond acceptors (Lipinski definition) is 4. The minimum atomic E-state index is -0.381. The van der Waals surface area contributed by atoms with Crippen molar-refractivity contribution in [3.63, 3.8) is 0 Å². The van der Waals surface area contributed by atoms with Crippen molar-refractivity contribution in [2.24, 2.45) is 0 Å². The summed E-state index contributed by atoms with van der Waals surface area (Å²) >= 11 is 0. The molecule has 1 aromatic heterocycles. The number of fused-ring (bicyclic) bond motifs is 1. The molecule has 0 unspecified atom stereocenters. The van der Waals surface area contributed by atoms with Gasteiger partial charge in [0, 0.05) is 36.1 Å². The second-order valence-electron chi connectivity index (χ2n) is 4.10. The van der Waals surface area contributed by atoms with Gasteiger partial charge in [0.15, 0.2) is 0 Å². The van der Waals surface area contributed by atoms with Gasteiger partial charge in [-0.25, -0.2) is 0 Å². The van der Waals surface area contributed by atoms with E-state index in [1.807, 2.05) is 13.0 Å². The van der Waals surface area contributed by atoms with Crippen LogP contribution in [0.15, 0.2) is 42.7 Å². The lowest BCUT2D eigenvalue weighted by Gasteiger charge is -2.08. The largest absolute Gasteiger partial charge is 0.384 e. The third kappa shape index (κ3) is 2.88. The Balaban J connectivity index is 2.35. The van der Waals surface area contributed by atoms with Gasteiger partial charge in [-0.2, -0.15) is 0 Å². The first-order valence-corrected chi connectivity index (χ1v) is 6.10. The van der Waals surface area contributed by atoms with Crippen molar-refractivity contribution in [1.29, 1.82) is 0 Å². The summed E-state index contributed by atoms with van der Waals surface area (Å²) in [5, 5.41) is 15.6. The van der Waals surface area contributed by atoms with E-state index in [1.54, 1.807) is 18.3 Å². The van der Waals surface area contributed by atoms with Crippen molar-refractivity contribution < 1.29 is 4.92 Å². The number of nitro groups is 1. The summed E-state index contributed by atoms with van der Waals surface area (Å²) in [7, 11) is 0. The number of aromatic nitrogens is 1. The molecule has 0 radical (unpaired) electrons. The molecule has 2 rings (SSSR count). The molecule has 0 saturated carbocycles. The molecular weight excluding hydrogens is 242 g/mol. The van der Waals surface area contributed by atoms with Crippen molar-refractivity contribution in [3.8, 4) is 0 Å². The summed E-state index contributed by atoms with van der Waals surface area (Å²) < 4.78 is 0. The van der Waals surface area contributed by atoms with Crippen LogP contribution in [0.1, 0.15) is 13.3 Å². The van der Waals surface area contributed by atoms with Crippen LogP contribution in [0, 0.1) is 10.1 Å². The Morgan fingerprint density at radius 3 is 2.95 bits per heavy atom. The molecule has 1 N–H and O–H groups in total. The Morgan fingerprint density at radius 2 is 2.21 bits per heavy atom. The maximum atomic E-state index is 11.0. The van der Waals surface area contributed by atoms with Crippen LogP contribution in [0.3, 0.4) is 0 Å². The van der Waals surface area contributed by atoms with Crippen molar-refractivity contribution in [3.05, 3.63) is 52.9 Å². The van der Waals surface area contributed by atoms with Gasteiger partial charge in [0.1, 0.15) is 0 Å². The monoisotopic (exact) mass is 257 g/mol. The standard InChI is InChI=1S/C14H15N3O2/c1-2-3-4-8-16-13-5-6-14(17(18)19)12-10-15-9-7-11(12)13/h2-3,5-7,9-10,16H,4,8H2,1H3/b3-2+. The molecule has 0 aliphatic carbocycles. The topological polar surface area (TPSA) is 68.1 Å². The maximum absolute atomic E-state index is 11.0. The Labute approximate surface area is 111 Å². The minimum absolute atomic E-state index is 0.0853. The van der Waals surface area contributed by atoms with Crippen LogP contribution >= 0.6 is 0 Å². The fraction of sp³-hybridized carbons (Fsp3) is 0.214. The first-order chi connectivity index (χ1) is 9.24. The normalized spacial score (nSPS) is 11.0. The van der Waals surface area contributed by atoms with E-state index in [4.69, 9.17) is 0 Å². The van der Waals surface area contributed by atoms with Gasteiger partial charge in [-0.05, 0) is 25.5 Å². The first kappa shape index (κ1) is 13.0. The summed E-state index contributed by atoms with van der Waals surface area (Å²) in [5.74, 6) is 0. The number of benzene rings is 1. The van der Waals surface area contributed by atoms with E-state index < -0.39 is 0 Å². The van der Waals surface area contributed by atoms with Gasteiger partial charge in [0.2, 0.25) is 0 Å². The number of allylic oxidation sites excluding steroid dienone is 1. The molecule has 0 amide bonds. The van der Waals surface area contributed by atoms with Crippen LogP contribution in [0.4, 0.5) is 11.4 Å². The average molecular weight is 257 g/mol. The average Bonchev–Trinajstić information content (AvgIpc) is 2.43. The molecule has 0 aliphatic rings. The number of hydrogen-bond donors (Lipinski definition) is 1. The lowest BCUT2D eigenvalue weighted by Crippen LogP contribution is -2.01. The van der Waals surface area contributed by atoms with E-state index in [1.165, 1.54) is 12.3 Å². The summed E-state index contributed by atoms with van der Waals surface area (Å²) in [6.07, 6.45) is 8.16. The first-order valence-electron chi connectivity index (χ1n) is 6.10. The third-order valence-electron chi connectivity index (χ3n) is 2.85. The van der Waals surface area contributed by atoms with Crippen LogP contribution in [0.5, 0.6) is 0 Å². The highest BCUT2D eigenvalue weighted by molar-refractivity contribution is 5.99. The highest BCUT2D eigenvalue weighted by Gasteiger charge is 2.13. The zero-order chi connectivity index (χ0) is 13.7. The van der Waals surface area contributed by atoms with Crippen LogP contribution in [-0.2, 0) is 0 Å². The van der Waals surface area contributed by atoms with E-state index in [0.717, 1.165) is 24.0 Å². The molecule has 2 aromatic rings. The van der Waals surface area contributed by atoms with Crippen LogP contribution in [0.2, 0.25) is 0 Å². The van der Waals surface area contributed by atoms with Gasteiger partial charge in [-0.1, -0.05) is 12.2 Å². The molecule has 0 bridgehead atoms. The summed E-state index contributed by atoms with van der Waals surface area (Å²) in [6.45, 7) is 2.77. The van der Waals surface area contributed by atoms with Crippen molar-refractivity contribution in [2.45, 2.75) is 13.3 Å². The maximum Gasteiger partial charge on any atom is 0.278 e. The predicted octanol–water partition coefficient (Wildman–Crippen LogP) is 3.52. The lowest BCUT2D eigenvalue weighted by molar-refractivity contribution is -0.383. The van der Waals surface area contributed by atoms with Crippen molar-refractivity contribution >= 4 is 22.1 Å². The fourth-order valence-corrected chi connectivity index (χ4v) is 1.95. The minimum Gasteiger partial charge on any atom is -0.384 e. The van der Waals surface area contributed by atoms with Gasteiger partial charge >= 0.3 is 0 Å². The molecule has 0 saturated heterocycles. The second kappa shape index (κ2) is 5.95. The molecule has 0 atom stereocenters. The van der Waals surface area contributed by atoms with E-state index in [2.05, 4.69) is 16.4 Å². The van der Waals surface area contributed by atoms with Crippen molar-refractivity contribution in [1.82, 2.24) is 4.98 Å². The van der Waals surface area contributed by atoms with Gasteiger partial charge in [-0.15, -0.1) is 0 Å². The fourth-order valence-electron chi connectivity index (χ4n) is 1.95. The number of rotatable bonds is 5. The van der Waals surface area contributed by atoms with E-state index in [-0.39, 0.29) is 10.6 Å². The van der Waals surface area contributed by atoms with Gasteiger partial charge in [0.25, 0.3) is 5.69 Å². The quantitative estimate of drug-likeness (QED) is 0.385. The molecule has 98 valence electrons. The molecule has 19 heavy (non-hydrogen) atoms. The lowest BCUT2D eigenvalue weighted by atomic mass is 10.1. The zero-order valence-corrected chi connectivity index (χ0v) is 10.7. The van der Waals surface area contributed by atoms with E-state index >= 15 is 0 Å². The molecule has 0 spiro atoms. The summed E-state index contributed by atoms with van der Waals surface area (Å²) in [5.41, 5.74) is 0.981. The number of anilines is 1. The third-order valence-corrected chi connectivity index (χ3v) is 2.85. The highest BCUT2D eigenvalue weighted by atomic mass is 16.6. The molecule has 1 heterocycles. The Kier molecular flexibility index (Phi) is 4.07. The molecule has 0 aliphatic heterocycles. The smallest absolute Gasteiger partial charge is 0.278 e. The molecule has 5 heteroatoms. The number of nitrogens with zero attached hydrogens (tertiary/aromatic N) is 2. The molecule has 0 fully saturated rings. The molecule has 5 nitrogen and oxygen atoms in total. The number of non-ortho nitro benzene ring substituents is 1. The predicted molar refractivity (Wildman–Crippen MR) is 76.3 cm³/mol. The number of nitrogens with one attached hydrogen (secondary N) is 1. The van der Waals surface area contributed by atoms with Gasteiger partial charge < -0.3 is 5.32 Å². The van der Waals surface area contributed by atoms with E-state index in [0.29, 0.717) is 5.39 Å². The van der Waals surface area contributed by atoms with Crippen LogP contribution < -0.4 is 5.32 Å². The number of pyridine rings is 1.